The molecule has 3 aromatic rings. The van der Waals surface area contributed by atoms with Gasteiger partial charge in [-0.1, -0.05) is 0 Å². The van der Waals surface area contributed by atoms with E-state index in [1.165, 1.54) is 12.8 Å². The molecule has 1 saturated carbocycles. The van der Waals surface area contributed by atoms with Crippen molar-refractivity contribution in [2.75, 3.05) is 37.5 Å². The molecule has 1 aliphatic carbocycles. The Morgan fingerprint density at radius 1 is 1.34 bits per heavy atom. The fraction of sp³-hybridized carbons (Fsp3) is 0.474. The van der Waals surface area contributed by atoms with E-state index in [1.54, 1.807) is 0 Å². The summed E-state index contributed by atoms with van der Waals surface area (Å²) in [6, 6.07) is 4.82. The van der Waals surface area contributed by atoms with Crippen molar-refractivity contribution in [3.05, 3.63) is 24.5 Å². The number of hydrogen-bond acceptors (Lipinski definition) is 7. The van der Waals surface area contributed by atoms with Crippen LogP contribution in [0.4, 0.5) is 15.6 Å². The van der Waals surface area contributed by atoms with Gasteiger partial charge in [-0.15, -0.1) is 4.37 Å². The van der Waals surface area contributed by atoms with Crippen LogP contribution in [0, 0.1) is 11.8 Å². The van der Waals surface area contributed by atoms with Gasteiger partial charge in [0, 0.05) is 61.2 Å². The van der Waals surface area contributed by atoms with Crippen LogP contribution < -0.4 is 15.0 Å². The lowest BCUT2D eigenvalue weighted by atomic mass is 10.0. The summed E-state index contributed by atoms with van der Waals surface area (Å²) in [5.74, 6) is 1.06. The zero-order valence-corrected chi connectivity index (χ0v) is 17.1. The highest BCUT2D eigenvalue weighted by molar-refractivity contribution is 7.10. The third kappa shape index (κ3) is 3.27. The van der Waals surface area contributed by atoms with E-state index in [1.807, 2.05) is 17.3 Å². The smallest absolute Gasteiger partial charge is 0.329 e. The lowest BCUT2D eigenvalue weighted by Crippen LogP contribution is -2.36. The van der Waals surface area contributed by atoms with Crippen LogP contribution in [0.15, 0.2) is 24.5 Å². The first-order chi connectivity index (χ1) is 14.1. The van der Waals surface area contributed by atoms with Crippen molar-refractivity contribution in [3.63, 3.8) is 0 Å². The van der Waals surface area contributed by atoms with Crippen LogP contribution in [0.5, 0.6) is 6.01 Å². The number of H-pyrrole nitrogens is 1. The van der Waals surface area contributed by atoms with E-state index in [0.717, 1.165) is 48.5 Å². The topological polar surface area (TPSA) is 99.3 Å². The highest BCUT2D eigenvalue weighted by Crippen LogP contribution is 2.42. The Bertz CT molecular complexity index is 1020. The highest BCUT2D eigenvalue weighted by atomic mass is 32.1. The van der Waals surface area contributed by atoms with Gasteiger partial charge in [-0.3, -0.25) is 5.32 Å². The highest BCUT2D eigenvalue weighted by Gasteiger charge is 2.43. The number of rotatable bonds is 4. The predicted molar refractivity (Wildman–Crippen MR) is 112 cm³/mol. The zero-order valence-electron chi connectivity index (χ0n) is 16.3. The van der Waals surface area contributed by atoms with Crippen LogP contribution in [-0.4, -0.2) is 63.5 Å². The number of anilines is 2. The maximum Gasteiger partial charge on any atom is 0.329 e. The molecule has 2 aliphatic rings. The number of fused-ring (bicyclic) bond motifs is 2. The van der Waals surface area contributed by atoms with Crippen LogP contribution in [0.25, 0.3) is 11.0 Å². The Kier molecular flexibility index (Phi) is 4.50. The van der Waals surface area contributed by atoms with E-state index in [-0.39, 0.29) is 12.0 Å². The van der Waals surface area contributed by atoms with Crippen molar-refractivity contribution in [1.29, 1.82) is 0 Å². The number of aromatic amines is 1. The van der Waals surface area contributed by atoms with Crippen molar-refractivity contribution in [1.82, 2.24) is 24.2 Å². The maximum absolute atomic E-state index is 12.6. The molecule has 5 rings (SSSR count). The molecule has 2 atom stereocenters. The Morgan fingerprint density at radius 3 is 2.86 bits per heavy atom. The molecule has 9 nitrogen and oxygen atoms in total. The standard InChI is InChI=1S/C19H23N7O2S/c1-25(15-4-6-21-16-14(15)3-5-20-16)13-7-11-9-26(10-12(11)8-13)19(27)23-18-22-17(28-2)24-29-18/h3-6,11-13H,7-10H2,1-2H3,(H,20,21)(H,22,23,24,27). The number of hydrogen-bond donors (Lipinski definition) is 2. The van der Waals surface area contributed by atoms with Gasteiger partial charge in [0.25, 0.3) is 0 Å². The summed E-state index contributed by atoms with van der Waals surface area (Å²) >= 11 is 1.13. The number of likely N-dealkylation sites (tertiary alicyclic amines) is 1. The van der Waals surface area contributed by atoms with E-state index >= 15 is 0 Å². The molecule has 4 heterocycles. The van der Waals surface area contributed by atoms with E-state index in [2.05, 4.69) is 48.7 Å². The van der Waals surface area contributed by atoms with Gasteiger partial charge in [0.15, 0.2) is 0 Å². The Morgan fingerprint density at radius 2 is 2.14 bits per heavy atom. The molecule has 10 heteroatoms. The summed E-state index contributed by atoms with van der Waals surface area (Å²) in [4.78, 5) is 28.6. The minimum absolute atomic E-state index is 0.105. The third-order valence-electron chi connectivity index (χ3n) is 6.18. The van der Waals surface area contributed by atoms with E-state index in [0.29, 0.717) is 23.0 Å². The van der Waals surface area contributed by atoms with E-state index < -0.39 is 0 Å². The number of ether oxygens (including phenoxy) is 1. The number of carbonyl (C=O) groups excluding carboxylic acids is 1. The lowest BCUT2D eigenvalue weighted by Gasteiger charge is -2.29. The van der Waals surface area contributed by atoms with Gasteiger partial charge < -0.3 is 19.5 Å². The number of nitrogens with zero attached hydrogens (tertiary/aromatic N) is 5. The normalized spacial score (nSPS) is 23.4. The van der Waals surface area contributed by atoms with Gasteiger partial charge in [-0.2, -0.15) is 4.98 Å². The number of aromatic nitrogens is 4. The molecule has 1 saturated heterocycles. The first-order valence-electron chi connectivity index (χ1n) is 9.71. The maximum atomic E-state index is 12.6. The summed E-state index contributed by atoms with van der Waals surface area (Å²) < 4.78 is 8.98. The largest absolute Gasteiger partial charge is 0.466 e. The van der Waals surface area contributed by atoms with Gasteiger partial charge in [0.05, 0.1) is 7.11 Å². The van der Waals surface area contributed by atoms with E-state index in [9.17, 15) is 4.79 Å². The quantitative estimate of drug-likeness (QED) is 0.682. The average Bonchev–Trinajstić information content (AvgIpc) is 3.48. The summed E-state index contributed by atoms with van der Waals surface area (Å²) in [6.45, 7) is 1.57. The third-order valence-corrected chi connectivity index (χ3v) is 6.80. The monoisotopic (exact) mass is 413 g/mol. The van der Waals surface area contributed by atoms with Crippen molar-refractivity contribution in [2.45, 2.75) is 18.9 Å². The van der Waals surface area contributed by atoms with E-state index in [4.69, 9.17) is 4.74 Å². The number of methoxy groups -OCH3 is 1. The molecular weight excluding hydrogens is 390 g/mol. The van der Waals surface area contributed by atoms with Crippen LogP contribution in [0.3, 0.4) is 0 Å². The van der Waals surface area contributed by atoms with Crippen LogP contribution >= 0.6 is 11.5 Å². The molecule has 152 valence electrons. The number of carbonyl (C=O) groups is 1. The molecule has 29 heavy (non-hydrogen) atoms. The SMILES string of the molecule is COc1nsc(NC(=O)N2CC3CC(N(C)c4ccnc5[nH]ccc45)CC3C2)n1. The van der Waals surface area contributed by atoms with Crippen LogP contribution in [-0.2, 0) is 0 Å². The molecular formula is C19H23N7O2S. The predicted octanol–water partition coefficient (Wildman–Crippen LogP) is 2.80. The van der Waals surface area contributed by atoms with Crippen LogP contribution in [0.2, 0.25) is 0 Å². The fourth-order valence-corrected chi connectivity index (χ4v) is 5.25. The molecule has 0 bridgehead atoms. The zero-order chi connectivity index (χ0) is 20.0. The van der Waals surface area contributed by atoms with Crippen molar-refractivity contribution in [2.24, 2.45) is 11.8 Å². The molecule has 3 aromatic heterocycles. The summed E-state index contributed by atoms with van der Waals surface area (Å²) in [5.41, 5.74) is 2.13. The van der Waals surface area contributed by atoms with Gasteiger partial charge in [-0.25, -0.2) is 9.78 Å². The Balaban J connectivity index is 1.21. The second kappa shape index (κ2) is 7.18. The van der Waals surface area contributed by atoms with Crippen molar-refractivity contribution >= 4 is 39.4 Å². The van der Waals surface area contributed by atoms with Gasteiger partial charge in [0.2, 0.25) is 5.13 Å². The van der Waals surface area contributed by atoms with Crippen molar-refractivity contribution < 1.29 is 9.53 Å². The molecule has 2 unspecified atom stereocenters. The second-order valence-electron chi connectivity index (χ2n) is 7.75. The molecule has 1 aliphatic heterocycles. The molecule has 0 radical (unpaired) electrons. The Hall–Kier alpha value is -2.88. The van der Waals surface area contributed by atoms with Gasteiger partial charge in [-0.05, 0) is 36.8 Å². The summed E-state index contributed by atoms with van der Waals surface area (Å²) in [7, 11) is 3.68. The molecule has 2 N–H and O–H groups in total. The molecule has 2 fully saturated rings. The lowest BCUT2D eigenvalue weighted by molar-refractivity contribution is 0.218. The van der Waals surface area contributed by atoms with Gasteiger partial charge in [0.1, 0.15) is 5.65 Å². The fourth-order valence-electron chi connectivity index (χ4n) is 4.71. The number of amides is 2. The van der Waals surface area contributed by atoms with Crippen molar-refractivity contribution in [3.8, 4) is 6.01 Å². The summed E-state index contributed by atoms with van der Waals surface area (Å²) in [6.07, 6.45) is 5.97. The Labute approximate surface area is 172 Å². The first-order valence-corrected chi connectivity index (χ1v) is 10.5. The van der Waals surface area contributed by atoms with Crippen LogP contribution in [0.1, 0.15) is 12.8 Å². The number of nitrogens with one attached hydrogen (secondary N) is 2. The molecule has 0 spiro atoms. The minimum atomic E-state index is -0.105. The summed E-state index contributed by atoms with van der Waals surface area (Å²) in [5, 5.41) is 4.46. The minimum Gasteiger partial charge on any atom is -0.466 e. The molecule has 0 aromatic carbocycles. The number of urea groups is 1. The first kappa shape index (κ1) is 18.2. The number of pyridine rings is 1. The second-order valence-corrected chi connectivity index (χ2v) is 8.50. The van der Waals surface area contributed by atoms with Gasteiger partial charge >= 0.3 is 12.0 Å². The average molecular weight is 414 g/mol. The molecule has 2 amide bonds.